The van der Waals surface area contributed by atoms with E-state index in [1.165, 1.54) is 12.8 Å². The van der Waals surface area contributed by atoms with Crippen LogP contribution in [0.25, 0.3) is 0 Å². The van der Waals surface area contributed by atoms with E-state index in [0.29, 0.717) is 31.5 Å². The molecule has 1 aliphatic heterocycles. The fraction of sp³-hybridized carbons (Fsp3) is 1.00. The Hall–Kier alpha value is -0.170. The van der Waals surface area contributed by atoms with Gasteiger partial charge in [0.05, 0.1) is 0 Å². The number of nitrogens with zero attached hydrogens (tertiary/aromatic N) is 1. The number of rotatable bonds is 6. The van der Waals surface area contributed by atoms with Crippen LogP contribution >= 0.6 is 0 Å². The smallest absolute Gasteiger partial charge is 0.279 e. The summed E-state index contributed by atoms with van der Waals surface area (Å²) in [6, 6.07) is 0. The molecule has 2 N–H and O–H groups in total. The molecule has 0 aromatic rings. The molecule has 1 saturated carbocycles. The SMILES string of the molecule is CNCC1CCCN(S(=O)(=O)NCC2CCCC(C)C2)C1. The Kier molecular flexibility index (Phi) is 6.47. The maximum atomic E-state index is 12.5. The molecule has 0 spiro atoms. The van der Waals surface area contributed by atoms with Crippen LogP contribution in [0.4, 0.5) is 0 Å². The third-order valence-corrected chi connectivity index (χ3v) is 6.46. The Morgan fingerprint density at radius 2 is 1.86 bits per heavy atom. The van der Waals surface area contributed by atoms with Gasteiger partial charge in [0.25, 0.3) is 10.2 Å². The van der Waals surface area contributed by atoms with Crippen LogP contribution in [0.3, 0.4) is 0 Å². The van der Waals surface area contributed by atoms with Gasteiger partial charge >= 0.3 is 0 Å². The van der Waals surface area contributed by atoms with Crippen molar-refractivity contribution in [3.05, 3.63) is 0 Å². The van der Waals surface area contributed by atoms with Crippen molar-refractivity contribution in [2.45, 2.75) is 45.4 Å². The molecule has 21 heavy (non-hydrogen) atoms. The van der Waals surface area contributed by atoms with Gasteiger partial charge in [-0.25, -0.2) is 4.72 Å². The number of nitrogens with one attached hydrogen (secondary N) is 2. The highest BCUT2D eigenvalue weighted by Crippen LogP contribution is 2.28. The third kappa shape index (κ3) is 5.20. The van der Waals surface area contributed by atoms with Gasteiger partial charge in [-0.3, -0.25) is 0 Å². The minimum Gasteiger partial charge on any atom is -0.319 e. The molecule has 1 heterocycles. The van der Waals surface area contributed by atoms with Crippen molar-refractivity contribution in [3.8, 4) is 0 Å². The molecule has 0 aromatic heterocycles. The molecular formula is C15H31N3O2S. The minimum atomic E-state index is -3.30. The van der Waals surface area contributed by atoms with Crippen molar-refractivity contribution < 1.29 is 8.42 Å². The topological polar surface area (TPSA) is 61.4 Å². The zero-order valence-corrected chi connectivity index (χ0v) is 14.3. The Labute approximate surface area is 130 Å². The molecule has 1 saturated heterocycles. The van der Waals surface area contributed by atoms with Gasteiger partial charge in [-0.05, 0) is 57.0 Å². The van der Waals surface area contributed by atoms with Crippen LogP contribution in [-0.4, -0.2) is 45.9 Å². The number of hydrogen-bond donors (Lipinski definition) is 2. The maximum Gasteiger partial charge on any atom is 0.279 e. The van der Waals surface area contributed by atoms with Crippen LogP contribution in [0.15, 0.2) is 0 Å². The second-order valence-corrected chi connectivity index (χ2v) is 8.67. The lowest BCUT2D eigenvalue weighted by Gasteiger charge is -2.33. The molecule has 0 bridgehead atoms. The van der Waals surface area contributed by atoms with E-state index in [4.69, 9.17) is 0 Å². The summed E-state index contributed by atoms with van der Waals surface area (Å²) in [6.07, 6.45) is 6.93. The van der Waals surface area contributed by atoms with Gasteiger partial charge in [0.1, 0.15) is 0 Å². The van der Waals surface area contributed by atoms with Crippen molar-refractivity contribution in [2.24, 2.45) is 17.8 Å². The molecule has 5 nitrogen and oxygen atoms in total. The first-order valence-electron chi connectivity index (χ1n) is 8.40. The van der Waals surface area contributed by atoms with Crippen molar-refractivity contribution in [1.82, 2.24) is 14.3 Å². The zero-order chi connectivity index (χ0) is 15.3. The highest BCUT2D eigenvalue weighted by Gasteiger charge is 2.29. The lowest BCUT2D eigenvalue weighted by atomic mass is 9.83. The van der Waals surface area contributed by atoms with Crippen LogP contribution in [0.2, 0.25) is 0 Å². The third-order valence-electron chi connectivity index (χ3n) is 4.91. The van der Waals surface area contributed by atoms with Crippen molar-refractivity contribution in [3.63, 3.8) is 0 Å². The van der Waals surface area contributed by atoms with Gasteiger partial charge in [0.15, 0.2) is 0 Å². The highest BCUT2D eigenvalue weighted by molar-refractivity contribution is 7.87. The molecule has 3 unspecified atom stereocenters. The fourth-order valence-corrected chi connectivity index (χ4v) is 5.17. The second kappa shape index (κ2) is 7.90. The first-order valence-corrected chi connectivity index (χ1v) is 9.84. The number of piperidine rings is 1. The highest BCUT2D eigenvalue weighted by atomic mass is 32.2. The lowest BCUT2D eigenvalue weighted by Crippen LogP contribution is -2.48. The van der Waals surface area contributed by atoms with E-state index in [1.807, 2.05) is 7.05 Å². The van der Waals surface area contributed by atoms with Gasteiger partial charge in [-0.15, -0.1) is 0 Å². The Balaban J connectivity index is 1.83. The molecule has 0 aromatic carbocycles. The second-order valence-electron chi connectivity index (χ2n) is 6.92. The van der Waals surface area contributed by atoms with E-state index in [9.17, 15) is 8.42 Å². The van der Waals surface area contributed by atoms with Crippen LogP contribution in [0, 0.1) is 17.8 Å². The van der Waals surface area contributed by atoms with Gasteiger partial charge in [-0.2, -0.15) is 12.7 Å². The van der Waals surface area contributed by atoms with E-state index >= 15 is 0 Å². The predicted octanol–water partition coefficient (Wildman–Crippen LogP) is 1.58. The minimum absolute atomic E-state index is 0.440. The summed E-state index contributed by atoms with van der Waals surface area (Å²) < 4.78 is 29.4. The fourth-order valence-electron chi connectivity index (χ4n) is 3.76. The molecule has 1 aliphatic carbocycles. The van der Waals surface area contributed by atoms with E-state index in [1.54, 1.807) is 4.31 Å². The molecule has 3 atom stereocenters. The van der Waals surface area contributed by atoms with Crippen molar-refractivity contribution in [1.29, 1.82) is 0 Å². The first-order chi connectivity index (χ1) is 10.0. The molecule has 0 amide bonds. The van der Waals surface area contributed by atoms with E-state index < -0.39 is 10.2 Å². The van der Waals surface area contributed by atoms with Gasteiger partial charge in [-0.1, -0.05) is 19.8 Å². The summed E-state index contributed by atoms with van der Waals surface area (Å²) >= 11 is 0. The van der Waals surface area contributed by atoms with E-state index in [2.05, 4.69) is 17.0 Å². The molecule has 2 rings (SSSR count). The molecule has 0 radical (unpaired) electrons. The van der Waals surface area contributed by atoms with Crippen LogP contribution < -0.4 is 10.0 Å². The average Bonchev–Trinajstić information content (AvgIpc) is 2.46. The van der Waals surface area contributed by atoms with Crippen molar-refractivity contribution >= 4 is 10.2 Å². The molecule has 2 aliphatic rings. The number of hydrogen-bond acceptors (Lipinski definition) is 3. The van der Waals surface area contributed by atoms with Crippen LogP contribution in [0.5, 0.6) is 0 Å². The maximum absolute atomic E-state index is 12.5. The molecule has 2 fully saturated rings. The standard InChI is InChI=1S/C15H31N3O2S/c1-13-5-3-6-14(9-13)11-17-21(19,20)18-8-4-7-15(12-18)10-16-2/h13-17H,3-12H2,1-2H3. The summed E-state index contributed by atoms with van der Waals surface area (Å²) in [5.41, 5.74) is 0. The van der Waals surface area contributed by atoms with E-state index in [-0.39, 0.29) is 0 Å². The monoisotopic (exact) mass is 317 g/mol. The van der Waals surface area contributed by atoms with Crippen LogP contribution in [-0.2, 0) is 10.2 Å². The Morgan fingerprint density at radius 3 is 2.57 bits per heavy atom. The predicted molar refractivity (Wildman–Crippen MR) is 86.3 cm³/mol. The lowest BCUT2D eigenvalue weighted by molar-refractivity contribution is 0.255. The molecule has 6 heteroatoms. The average molecular weight is 317 g/mol. The first kappa shape index (κ1) is 17.2. The molecule has 124 valence electrons. The summed E-state index contributed by atoms with van der Waals surface area (Å²) in [4.78, 5) is 0. The summed E-state index contributed by atoms with van der Waals surface area (Å²) in [7, 11) is -1.37. The Morgan fingerprint density at radius 1 is 1.10 bits per heavy atom. The van der Waals surface area contributed by atoms with Gasteiger partial charge in [0.2, 0.25) is 0 Å². The summed E-state index contributed by atoms with van der Waals surface area (Å²) in [6.45, 7) is 5.09. The molecular weight excluding hydrogens is 286 g/mol. The van der Waals surface area contributed by atoms with E-state index in [0.717, 1.165) is 38.1 Å². The summed E-state index contributed by atoms with van der Waals surface area (Å²) in [5, 5.41) is 3.16. The van der Waals surface area contributed by atoms with Crippen molar-refractivity contribution in [2.75, 3.05) is 33.2 Å². The largest absolute Gasteiger partial charge is 0.319 e. The van der Waals surface area contributed by atoms with Gasteiger partial charge in [0, 0.05) is 19.6 Å². The Bertz CT molecular complexity index is 411. The quantitative estimate of drug-likeness (QED) is 0.782. The zero-order valence-electron chi connectivity index (χ0n) is 13.5. The normalized spacial score (nSPS) is 32.2. The summed E-state index contributed by atoms with van der Waals surface area (Å²) in [5.74, 6) is 1.69. The van der Waals surface area contributed by atoms with Crippen LogP contribution in [0.1, 0.15) is 45.4 Å². The van der Waals surface area contributed by atoms with Gasteiger partial charge < -0.3 is 5.32 Å².